The lowest BCUT2D eigenvalue weighted by molar-refractivity contribution is -0.137. The summed E-state index contributed by atoms with van der Waals surface area (Å²) >= 11 is 0. The number of aryl methyl sites for hydroxylation is 1. The average molecular weight is 365 g/mol. The molecule has 0 saturated heterocycles. The van der Waals surface area contributed by atoms with Crippen molar-refractivity contribution in [2.45, 2.75) is 57.8 Å². The van der Waals surface area contributed by atoms with Gasteiger partial charge in [-0.05, 0) is 38.0 Å². The number of carbonyl (C=O) groups is 1. The van der Waals surface area contributed by atoms with E-state index >= 15 is 0 Å². The van der Waals surface area contributed by atoms with Crippen LogP contribution in [0, 0.1) is 0 Å². The first-order valence-electron chi connectivity index (χ1n) is 8.95. The van der Waals surface area contributed by atoms with E-state index in [0.717, 1.165) is 37.8 Å². The topological polar surface area (TPSA) is 46.9 Å². The summed E-state index contributed by atoms with van der Waals surface area (Å²) in [5.41, 5.74) is 0.426. The van der Waals surface area contributed by atoms with Crippen LogP contribution < -0.4 is 5.32 Å². The number of benzene rings is 1. The van der Waals surface area contributed by atoms with Crippen LogP contribution in [-0.2, 0) is 12.7 Å². The van der Waals surface area contributed by atoms with Gasteiger partial charge in [0, 0.05) is 18.2 Å². The van der Waals surface area contributed by atoms with E-state index in [2.05, 4.69) is 10.4 Å². The molecule has 26 heavy (non-hydrogen) atoms. The van der Waals surface area contributed by atoms with E-state index in [1.807, 2.05) is 6.92 Å². The first-order chi connectivity index (χ1) is 12.4. The van der Waals surface area contributed by atoms with Crippen LogP contribution in [0.3, 0.4) is 0 Å². The van der Waals surface area contributed by atoms with Gasteiger partial charge in [0.25, 0.3) is 5.91 Å². The Morgan fingerprint density at radius 2 is 1.96 bits per heavy atom. The molecule has 1 heterocycles. The van der Waals surface area contributed by atoms with Crippen LogP contribution in [0.25, 0.3) is 11.3 Å². The highest BCUT2D eigenvalue weighted by Crippen LogP contribution is 2.32. The number of aromatic nitrogens is 2. The fraction of sp³-hybridized carbons (Fsp3) is 0.474. The minimum atomic E-state index is -4.41. The molecule has 1 saturated carbocycles. The molecule has 0 atom stereocenters. The molecule has 0 spiro atoms. The third-order valence-corrected chi connectivity index (χ3v) is 4.74. The van der Waals surface area contributed by atoms with Crippen molar-refractivity contribution < 1.29 is 18.0 Å². The Morgan fingerprint density at radius 1 is 1.23 bits per heavy atom. The van der Waals surface area contributed by atoms with Gasteiger partial charge in [-0.2, -0.15) is 18.3 Å². The zero-order valence-electron chi connectivity index (χ0n) is 14.6. The van der Waals surface area contributed by atoms with E-state index in [-0.39, 0.29) is 17.6 Å². The van der Waals surface area contributed by atoms with Gasteiger partial charge in [0.2, 0.25) is 0 Å². The zero-order chi connectivity index (χ0) is 18.7. The summed E-state index contributed by atoms with van der Waals surface area (Å²) in [6.45, 7) is 2.30. The van der Waals surface area contributed by atoms with Gasteiger partial charge in [0.15, 0.2) is 5.69 Å². The molecule has 1 N–H and O–H groups in total. The van der Waals surface area contributed by atoms with Gasteiger partial charge in [0.05, 0.1) is 11.3 Å². The molecule has 1 amide bonds. The normalized spacial score (nSPS) is 15.8. The second-order valence-electron chi connectivity index (χ2n) is 6.62. The number of alkyl halides is 3. The number of hydrogen-bond acceptors (Lipinski definition) is 2. The van der Waals surface area contributed by atoms with Crippen LogP contribution >= 0.6 is 0 Å². The first kappa shape index (κ1) is 18.5. The number of halogens is 3. The lowest BCUT2D eigenvalue weighted by Crippen LogP contribution is -2.36. The average Bonchev–Trinajstić information content (AvgIpc) is 3.06. The molecule has 1 fully saturated rings. The van der Waals surface area contributed by atoms with Gasteiger partial charge in [-0.25, -0.2) is 0 Å². The van der Waals surface area contributed by atoms with Crippen molar-refractivity contribution in [1.82, 2.24) is 15.1 Å². The van der Waals surface area contributed by atoms with E-state index in [0.29, 0.717) is 17.8 Å². The van der Waals surface area contributed by atoms with Crippen molar-refractivity contribution >= 4 is 5.91 Å². The monoisotopic (exact) mass is 365 g/mol. The highest BCUT2D eigenvalue weighted by molar-refractivity contribution is 5.93. The van der Waals surface area contributed by atoms with Crippen LogP contribution in [0.4, 0.5) is 13.2 Å². The molecule has 2 aromatic rings. The maximum atomic E-state index is 13.0. The summed E-state index contributed by atoms with van der Waals surface area (Å²) < 4.78 is 40.5. The predicted octanol–water partition coefficient (Wildman–Crippen LogP) is 4.65. The molecule has 0 aliphatic heterocycles. The molecule has 0 radical (unpaired) electrons. The summed E-state index contributed by atoms with van der Waals surface area (Å²) in [5, 5.41) is 7.28. The van der Waals surface area contributed by atoms with E-state index < -0.39 is 11.7 Å². The molecular weight excluding hydrogens is 343 g/mol. The Morgan fingerprint density at radius 3 is 2.62 bits per heavy atom. The molecule has 1 aromatic carbocycles. The molecule has 0 unspecified atom stereocenters. The molecule has 1 aliphatic rings. The van der Waals surface area contributed by atoms with Crippen molar-refractivity contribution in [3.05, 3.63) is 41.6 Å². The Hall–Kier alpha value is -2.31. The Balaban J connectivity index is 1.86. The molecule has 1 aliphatic carbocycles. The first-order valence-corrected chi connectivity index (χ1v) is 8.95. The fourth-order valence-electron chi connectivity index (χ4n) is 3.36. The standard InChI is InChI=1S/C19H22F3N3O/c1-2-25-17(13-7-6-8-14(11-13)19(20,21)22)12-16(24-25)18(26)23-15-9-4-3-5-10-15/h6-8,11-12,15H,2-5,9-10H2,1H3,(H,23,26). The number of hydrogen-bond donors (Lipinski definition) is 1. The van der Waals surface area contributed by atoms with Crippen molar-refractivity contribution in [3.63, 3.8) is 0 Å². The van der Waals surface area contributed by atoms with Crippen molar-refractivity contribution in [2.75, 3.05) is 0 Å². The zero-order valence-corrected chi connectivity index (χ0v) is 14.6. The Bertz CT molecular complexity index is 777. The molecule has 7 heteroatoms. The molecule has 1 aromatic heterocycles. The lowest BCUT2D eigenvalue weighted by Gasteiger charge is -2.22. The van der Waals surface area contributed by atoms with E-state index in [4.69, 9.17) is 0 Å². The summed E-state index contributed by atoms with van der Waals surface area (Å²) in [4.78, 5) is 12.5. The highest BCUT2D eigenvalue weighted by Gasteiger charge is 2.31. The third-order valence-electron chi connectivity index (χ3n) is 4.74. The van der Waals surface area contributed by atoms with Crippen molar-refractivity contribution in [2.24, 2.45) is 0 Å². The van der Waals surface area contributed by atoms with Crippen LogP contribution in [0.1, 0.15) is 55.1 Å². The highest BCUT2D eigenvalue weighted by atomic mass is 19.4. The minimum absolute atomic E-state index is 0.153. The van der Waals surface area contributed by atoms with E-state index in [1.54, 1.807) is 16.8 Å². The number of rotatable bonds is 4. The maximum absolute atomic E-state index is 13.0. The van der Waals surface area contributed by atoms with Gasteiger partial charge in [0.1, 0.15) is 0 Å². The van der Waals surface area contributed by atoms with E-state index in [9.17, 15) is 18.0 Å². The summed E-state index contributed by atoms with van der Waals surface area (Å²) in [6, 6.07) is 6.81. The van der Waals surface area contributed by atoms with Gasteiger partial charge in [-0.1, -0.05) is 31.4 Å². The SMILES string of the molecule is CCn1nc(C(=O)NC2CCCCC2)cc1-c1cccc(C(F)(F)F)c1. The number of carbonyl (C=O) groups excluding carboxylic acids is 1. The number of nitrogens with zero attached hydrogens (tertiary/aromatic N) is 2. The molecular formula is C19H22F3N3O. The van der Waals surface area contributed by atoms with Crippen LogP contribution in [-0.4, -0.2) is 21.7 Å². The Labute approximate surface area is 150 Å². The fourth-order valence-corrected chi connectivity index (χ4v) is 3.36. The second kappa shape index (κ2) is 7.51. The Kier molecular flexibility index (Phi) is 5.34. The van der Waals surface area contributed by atoms with Gasteiger partial charge < -0.3 is 5.32 Å². The summed E-state index contributed by atoms with van der Waals surface area (Å²) in [7, 11) is 0. The quantitative estimate of drug-likeness (QED) is 0.857. The van der Waals surface area contributed by atoms with Gasteiger partial charge in [-0.15, -0.1) is 0 Å². The van der Waals surface area contributed by atoms with E-state index in [1.165, 1.54) is 12.5 Å². The lowest BCUT2D eigenvalue weighted by atomic mass is 9.95. The molecule has 0 bridgehead atoms. The van der Waals surface area contributed by atoms with Gasteiger partial charge >= 0.3 is 6.18 Å². The molecule has 140 valence electrons. The summed E-state index contributed by atoms with van der Waals surface area (Å²) in [5.74, 6) is -0.266. The molecule has 4 nitrogen and oxygen atoms in total. The van der Waals surface area contributed by atoms with Crippen LogP contribution in [0.2, 0.25) is 0 Å². The summed E-state index contributed by atoms with van der Waals surface area (Å²) in [6.07, 6.45) is 0.903. The minimum Gasteiger partial charge on any atom is -0.348 e. The smallest absolute Gasteiger partial charge is 0.348 e. The van der Waals surface area contributed by atoms with Crippen molar-refractivity contribution in [1.29, 1.82) is 0 Å². The van der Waals surface area contributed by atoms with Crippen LogP contribution in [0.5, 0.6) is 0 Å². The van der Waals surface area contributed by atoms with Crippen LogP contribution in [0.15, 0.2) is 30.3 Å². The predicted molar refractivity (Wildman–Crippen MR) is 92.7 cm³/mol. The largest absolute Gasteiger partial charge is 0.416 e. The van der Waals surface area contributed by atoms with Crippen molar-refractivity contribution in [3.8, 4) is 11.3 Å². The second-order valence-corrected chi connectivity index (χ2v) is 6.62. The third kappa shape index (κ3) is 4.08. The van der Waals surface area contributed by atoms with Gasteiger partial charge in [-0.3, -0.25) is 9.48 Å². The molecule has 3 rings (SSSR count). The number of nitrogens with one attached hydrogen (secondary N) is 1. The number of amides is 1. The maximum Gasteiger partial charge on any atom is 0.416 e.